The molecule has 122 valence electrons. The quantitative estimate of drug-likeness (QED) is 0.627. The normalized spacial score (nSPS) is 14.0. The highest BCUT2D eigenvalue weighted by molar-refractivity contribution is 6.12. The molecular weight excluding hydrogens is 302 g/mol. The molecule has 4 nitrogen and oxygen atoms in total. The van der Waals surface area contributed by atoms with Gasteiger partial charge < -0.3 is 9.64 Å². The first kappa shape index (κ1) is 16.0. The summed E-state index contributed by atoms with van der Waals surface area (Å²) in [5.74, 6) is -0.561. The van der Waals surface area contributed by atoms with Gasteiger partial charge >= 0.3 is 5.97 Å². The number of nitrogens with zero attached hydrogens (tertiary/aromatic N) is 1. The third-order valence-electron chi connectivity index (χ3n) is 4.13. The second-order valence-corrected chi connectivity index (χ2v) is 5.67. The number of ketones is 1. The molecule has 0 amide bonds. The summed E-state index contributed by atoms with van der Waals surface area (Å²) in [4.78, 5) is 27.0. The van der Waals surface area contributed by atoms with Crippen molar-refractivity contribution in [2.75, 3.05) is 13.7 Å². The topological polar surface area (TPSA) is 46.6 Å². The zero-order valence-corrected chi connectivity index (χ0v) is 13.6. The highest BCUT2D eigenvalue weighted by Crippen LogP contribution is 2.28. The Morgan fingerprint density at radius 3 is 2.25 bits per heavy atom. The average molecular weight is 321 g/mol. The van der Waals surface area contributed by atoms with Gasteiger partial charge in [-0.1, -0.05) is 60.7 Å². The Bertz CT molecular complexity index is 766. The molecule has 0 radical (unpaired) electrons. The SMILES string of the molecule is COC(=O)C1=C(C(=O)c2ccccc2)N(Cc2ccccc2)CC1. The number of methoxy groups -OCH3 is 1. The van der Waals surface area contributed by atoms with Gasteiger partial charge in [-0.3, -0.25) is 4.79 Å². The fourth-order valence-corrected chi connectivity index (χ4v) is 2.96. The molecule has 2 aromatic rings. The Labute approximate surface area is 141 Å². The third-order valence-corrected chi connectivity index (χ3v) is 4.13. The lowest BCUT2D eigenvalue weighted by molar-refractivity contribution is -0.136. The molecule has 2 aromatic carbocycles. The Morgan fingerprint density at radius 2 is 1.62 bits per heavy atom. The van der Waals surface area contributed by atoms with Gasteiger partial charge in [0.25, 0.3) is 0 Å². The summed E-state index contributed by atoms with van der Waals surface area (Å²) in [6, 6.07) is 19.0. The van der Waals surface area contributed by atoms with E-state index >= 15 is 0 Å². The Hall–Kier alpha value is -2.88. The van der Waals surface area contributed by atoms with Crippen molar-refractivity contribution < 1.29 is 14.3 Å². The van der Waals surface area contributed by atoms with Crippen molar-refractivity contribution in [1.29, 1.82) is 0 Å². The van der Waals surface area contributed by atoms with Crippen LogP contribution in [0.15, 0.2) is 71.9 Å². The number of hydrogen-bond acceptors (Lipinski definition) is 4. The number of esters is 1. The van der Waals surface area contributed by atoms with Crippen LogP contribution in [0.25, 0.3) is 0 Å². The highest BCUT2D eigenvalue weighted by Gasteiger charge is 2.32. The Balaban J connectivity index is 1.96. The van der Waals surface area contributed by atoms with Gasteiger partial charge in [0.15, 0.2) is 0 Å². The van der Waals surface area contributed by atoms with Crippen LogP contribution in [-0.2, 0) is 16.1 Å². The number of hydrogen-bond donors (Lipinski definition) is 0. The molecule has 1 aliphatic rings. The maximum absolute atomic E-state index is 13.0. The number of Topliss-reactive ketones (excluding diaryl/α,β-unsaturated/α-hetero) is 1. The second kappa shape index (κ2) is 7.13. The second-order valence-electron chi connectivity index (χ2n) is 5.67. The number of benzene rings is 2. The first-order valence-electron chi connectivity index (χ1n) is 7.91. The highest BCUT2D eigenvalue weighted by atomic mass is 16.5. The van der Waals surface area contributed by atoms with E-state index in [1.54, 1.807) is 12.1 Å². The smallest absolute Gasteiger partial charge is 0.336 e. The fourth-order valence-electron chi connectivity index (χ4n) is 2.96. The van der Waals surface area contributed by atoms with Crippen molar-refractivity contribution in [1.82, 2.24) is 4.90 Å². The van der Waals surface area contributed by atoms with E-state index in [4.69, 9.17) is 4.74 Å². The van der Waals surface area contributed by atoms with E-state index in [-0.39, 0.29) is 5.78 Å². The fraction of sp³-hybridized carbons (Fsp3) is 0.200. The van der Waals surface area contributed by atoms with Crippen LogP contribution >= 0.6 is 0 Å². The summed E-state index contributed by atoms with van der Waals surface area (Å²) in [5, 5.41) is 0. The van der Waals surface area contributed by atoms with E-state index in [9.17, 15) is 9.59 Å². The van der Waals surface area contributed by atoms with Crippen molar-refractivity contribution >= 4 is 11.8 Å². The van der Waals surface area contributed by atoms with E-state index in [0.717, 1.165) is 5.56 Å². The van der Waals surface area contributed by atoms with Crippen LogP contribution in [0.4, 0.5) is 0 Å². The van der Waals surface area contributed by atoms with Crippen molar-refractivity contribution in [2.24, 2.45) is 0 Å². The minimum Gasteiger partial charge on any atom is -0.466 e. The van der Waals surface area contributed by atoms with Gasteiger partial charge in [-0.15, -0.1) is 0 Å². The molecule has 0 saturated carbocycles. The zero-order valence-electron chi connectivity index (χ0n) is 13.6. The monoisotopic (exact) mass is 321 g/mol. The maximum Gasteiger partial charge on any atom is 0.336 e. The number of allylic oxidation sites excluding steroid dienone is 1. The molecule has 0 spiro atoms. The largest absolute Gasteiger partial charge is 0.466 e. The summed E-state index contributed by atoms with van der Waals surface area (Å²) in [5.41, 5.74) is 2.59. The van der Waals surface area contributed by atoms with Crippen LogP contribution in [0, 0.1) is 0 Å². The molecule has 0 saturated heterocycles. The van der Waals surface area contributed by atoms with E-state index in [1.165, 1.54) is 7.11 Å². The van der Waals surface area contributed by atoms with Crippen LogP contribution in [0.2, 0.25) is 0 Å². The summed E-state index contributed by atoms with van der Waals surface area (Å²) < 4.78 is 4.87. The molecule has 0 atom stereocenters. The van der Waals surface area contributed by atoms with Gasteiger partial charge in [-0.05, 0) is 12.0 Å². The van der Waals surface area contributed by atoms with Crippen molar-refractivity contribution in [3.05, 3.63) is 83.1 Å². The Morgan fingerprint density at radius 1 is 1.00 bits per heavy atom. The van der Waals surface area contributed by atoms with E-state index < -0.39 is 5.97 Å². The standard InChI is InChI=1S/C20H19NO3/c1-24-20(23)17-12-13-21(14-15-8-4-2-5-9-15)18(17)19(22)16-10-6-3-7-11-16/h2-11H,12-14H2,1H3. The van der Waals surface area contributed by atoms with Crippen LogP contribution in [-0.4, -0.2) is 30.3 Å². The van der Waals surface area contributed by atoms with Gasteiger partial charge in [-0.25, -0.2) is 4.79 Å². The van der Waals surface area contributed by atoms with E-state index in [1.807, 2.05) is 53.4 Å². The molecule has 0 aromatic heterocycles. The number of ether oxygens (including phenoxy) is 1. The third kappa shape index (κ3) is 3.23. The molecule has 0 unspecified atom stereocenters. The maximum atomic E-state index is 13.0. The van der Waals surface area contributed by atoms with Crippen molar-refractivity contribution in [3.8, 4) is 0 Å². The molecule has 0 bridgehead atoms. The molecular formula is C20H19NO3. The molecule has 4 heteroatoms. The van der Waals surface area contributed by atoms with Gasteiger partial charge in [0, 0.05) is 18.7 Å². The van der Waals surface area contributed by atoms with Gasteiger partial charge in [0.2, 0.25) is 5.78 Å². The Kier molecular flexibility index (Phi) is 4.75. The number of rotatable bonds is 5. The molecule has 1 heterocycles. The van der Waals surface area contributed by atoms with Crippen LogP contribution in [0.5, 0.6) is 0 Å². The first-order chi connectivity index (χ1) is 11.7. The predicted octanol–water partition coefficient (Wildman–Crippen LogP) is 3.20. The summed E-state index contributed by atoms with van der Waals surface area (Å²) in [7, 11) is 1.35. The molecule has 24 heavy (non-hydrogen) atoms. The minimum absolute atomic E-state index is 0.135. The zero-order chi connectivity index (χ0) is 16.9. The van der Waals surface area contributed by atoms with E-state index in [0.29, 0.717) is 36.3 Å². The molecule has 3 rings (SSSR count). The lowest BCUT2D eigenvalue weighted by Crippen LogP contribution is -2.25. The molecule has 0 N–H and O–H groups in total. The molecule has 1 aliphatic heterocycles. The first-order valence-corrected chi connectivity index (χ1v) is 7.91. The van der Waals surface area contributed by atoms with Crippen molar-refractivity contribution in [2.45, 2.75) is 13.0 Å². The lowest BCUT2D eigenvalue weighted by Gasteiger charge is -2.22. The van der Waals surface area contributed by atoms with Gasteiger partial charge in [0.05, 0.1) is 18.4 Å². The van der Waals surface area contributed by atoms with E-state index in [2.05, 4.69) is 0 Å². The average Bonchev–Trinajstić information content (AvgIpc) is 3.05. The summed E-state index contributed by atoms with van der Waals surface area (Å²) in [6.45, 7) is 1.22. The number of carbonyl (C=O) groups excluding carboxylic acids is 2. The molecule has 0 fully saturated rings. The summed E-state index contributed by atoms with van der Waals surface area (Å²) >= 11 is 0. The minimum atomic E-state index is -0.426. The number of carbonyl (C=O) groups is 2. The lowest BCUT2D eigenvalue weighted by atomic mass is 10.0. The van der Waals surface area contributed by atoms with Crippen LogP contribution < -0.4 is 0 Å². The van der Waals surface area contributed by atoms with Crippen LogP contribution in [0.3, 0.4) is 0 Å². The molecule has 0 aliphatic carbocycles. The predicted molar refractivity (Wildman–Crippen MR) is 91.3 cm³/mol. The van der Waals surface area contributed by atoms with Gasteiger partial charge in [-0.2, -0.15) is 0 Å². The summed E-state index contributed by atoms with van der Waals surface area (Å²) in [6.07, 6.45) is 0.521. The van der Waals surface area contributed by atoms with Crippen LogP contribution in [0.1, 0.15) is 22.3 Å². The van der Waals surface area contributed by atoms with Crippen molar-refractivity contribution in [3.63, 3.8) is 0 Å². The van der Waals surface area contributed by atoms with Gasteiger partial charge in [0.1, 0.15) is 0 Å².